The van der Waals surface area contributed by atoms with Crippen LogP contribution in [0.4, 0.5) is 5.69 Å². The van der Waals surface area contributed by atoms with Gasteiger partial charge in [0.2, 0.25) is 5.91 Å². The van der Waals surface area contributed by atoms with Crippen LogP contribution in [0.3, 0.4) is 0 Å². The largest absolute Gasteiger partial charge is 0.395 e. The summed E-state index contributed by atoms with van der Waals surface area (Å²) in [6, 6.07) is 14.7. The number of hydrogen-bond acceptors (Lipinski definition) is 3. The molecule has 5 nitrogen and oxygen atoms in total. The Labute approximate surface area is 121 Å². The van der Waals surface area contributed by atoms with Gasteiger partial charge in [-0.1, -0.05) is 30.3 Å². The number of nitrogens with one attached hydrogen (secondary N) is 2. The average molecular weight is 281 g/mol. The molecule has 0 fully saturated rings. The van der Waals surface area contributed by atoms with Crippen molar-refractivity contribution in [1.29, 1.82) is 0 Å². The number of anilines is 1. The lowest BCUT2D eigenvalue weighted by Gasteiger charge is -2.14. The molecule has 3 rings (SSSR count). The van der Waals surface area contributed by atoms with Crippen LogP contribution in [0.15, 0.2) is 54.7 Å². The number of carbonyl (C=O) groups is 1. The monoisotopic (exact) mass is 281 g/mol. The van der Waals surface area contributed by atoms with Gasteiger partial charge >= 0.3 is 0 Å². The Bertz CT molecular complexity index is 752. The van der Waals surface area contributed by atoms with Crippen molar-refractivity contribution >= 4 is 22.5 Å². The van der Waals surface area contributed by atoms with Crippen LogP contribution < -0.4 is 5.32 Å². The number of benzene rings is 2. The fourth-order valence-electron chi connectivity index (χ4n) is 2.27. The number of nitrogens with zero attached hydrogens (tertiary/aromatic N) is 1. The van der Waals surface area contributed by atoms with E-state index in [-0.39, 0.29) is 12.5 Å². The van der Waals surface area contributed by atoms with Crippen molar-refractivity contribution in [1.82, 2.24) is 10.2 Å². The minimum Gasteiger partial charge on any atom is -0.395 e. The van der Waals surface area contributed by atoms with Crippen molar-refractivity contribution in [3.05, 3.63) is 60.3 Å². The number of fused-ring (bicyclic) bond motifs is 1. The predicted molar refractivity (Wildman–Crippen MR) is 81.0 cm³/mol. The van der Waals surface area contributed by atoms with Crippen molar-refractivity contribution < 1.29 is 9.90 Å². The summed E-state index contributed by atoms with van der Waals surface area (Å²) in [6.07, 6.45) is 1.70. The molecule has 1 amide bonds. The van der Waals surface area contributed by atoms with Crippen LogP contribution in [0.1, 0.15) is 11.5 Å². The summed E-state index contributed by atoms with van der Waals surface area (Å²) < 4.78 is 0. The molecule has 0 saturated heterocycles. The number of aliphatic hydroxyl groups excluding tert-OH is 1. The second-order valence-electron chi connectivity index (χ2n) is 4.81. The molecule has 1 aromatic heterocycles. The maximum absolute atomic E-state index is 12.3. The topological polar surface area (TPSA) is 78.0 Å². The first-order valence-electron chi connectivity index (χ1n) is 6.68. The van der Waals surface area contributed by atoms with Crippen LogP contribution in [0.25, 0.3) is 10.9 Å². The lowest BCUT2D eigenvalue weighted by molar-refractivity contribution is -0.118. The molecule has 0 aliphatic rings. The van der Waals surface area contributed by atoms with Gasteiger partial charge in [-0.25, -0.2) is 0 Å². The predicted octanol–water partition coefficient (Wildman–Crippen LogP) is 2.28. The first-order chi connectivity index (χ1) is 10.3. The zero-order chi connectivity index (χ0) is 14.7. The molecule has 1 heterocycles. The molecule has 0 radical (unpaired) electrons. The Balaban J connectivity index is 1.81. The fourth-order valence-corrected chi connectivity index (χ4v) is 2.27. The maximum Gasteiger partial charge on any atom is 0.234 e. The molecule has 3 aromatic rings. The van der Waals surface area contributed by atoms with E-state index in [9.17, 15) is 9.90 Å². The molecule has 0 spiro atoms. The van der Waals surface area contributed by atoms with Gasteiger partial charge in [0, 0.05) is 11.1 Å². The van der Waals surface area contributed by atoms with Gasteiger partial charge in [0.1, 0.15) is 0 Å². The number of hydrogen-bond donors (Lipinski definition) is 3. The molecule has 0 bridgehead atoms. The molecule has 0 aliphatic heterocycles. The molecular formula is C16H15N3O2. The van der Waals surface area contributed by atoms with E-state index in [0.717, 1.165) is 16.5 Å². The summed E-state index contributed by atoms with van der Waals surface area (Å²) in [5.41, 5.74) is 2.39. The minimum absolute atomic E-state index is 0.230. The van der Waals surface area contributed by atoms with Crippen LogP contribution in [0.5, 0.6) is 0 Å². The molecule has 2 aromatic carbocycles. The zero-order valence-corrected chi connectivity index (χ0v) is 11.3. The van der Waals surface area contributed by atoms with E-state index in [1.54, 1.807) is 12.3 Å². The van der Waals surface area contributed by atoms with Gasteiger partial charge in [-0.15, -0.1) is 0 Å². The van der Waals surface area contributed by atoms with Crippen molar-refractivity contribution in [3.8, 4) is 0 Å². The third-order valence-electron chi connectivity index (χ3n) is 3.41. The van der Waals surface area contributed by atoms with Gasteiger partial charge in [-0.3, -0.25) is 9.89 Å². The first-order valence-corrected chi connectivity index (χ1v) is 6.68. The van der Waals surface area contributed by atoms with E-state index in [1.807, 2.05) is 42.5 Å². The summed E-state index contributed by atoms with van der Waals surface area (Å²) in [5, 5.41) is 20.0. The smallest absolute Gasteiger partial charge is 0.234 e. The third kappa shape index (κ3) is 2.78. The molecule has 0 aliphatic carbocycles. The highest BCUT2D eigenvalue weighted by molar-refractivity contribution is 5.97. The Morgan fingerprint density at radius 2 is 2.05 bits per heavy atom. The number of rotatable bonds is 4. The minimum atomic E-state index is -0.578. The van der Waals surface area contributed by atoms with E-state index in [4.69, 9.17) is 0 Å². The Morgan fingerprint density at radius 1 is 1.24 bits per heavy atom. The number of amides is 1. The van der Waals surface area contributed by atoms with Crippen LogP contribution in [0.2, 0.25) is 0 Å². The zero-order valence-electron chi connectivity index (χ0n) is 11.3. The lowest BCUT2D eigenvalue weighted by atomic mass is 9.99. The lowest BCUT2D eigenvalue weighted by Crippen LogP contribution is -2.23. The van der Waals surface area contributed by atoms with E-state index < -0.39 is 5.92 Å². The molecular weight excluding hydrogens is 266 g/mol. The van der Waals surface area contributed by atoms with Gasteiger partial charge in [0.05, 0.1) is 24.2 Å². The number of aromatic amines is 1. The van der Waals surface area contributed by atoms with Gasteiger partial charge in [0.15, 0.2) is 0 Å². The van der Waals surface area contributed by atoms with E-state index in [1.165, 1.54) is 0 Å². The van der Waals surface area contributed by atoms with E-state index in [2.05, 4.69) is 15.5 Å². The Morgan fingerprint density at radius 3 is 2.81 bits per heavy atom. The quantitative estimate of drug-likeness (QED) is 0.686. The molecule has 1 unspecified atom stereocenters. The second-order valence-corrected chi connectivity index (χ2v) is 4.81. The van der Waals surface area contributed by atoms with Gasteiger partial charge < -0.3 is 10.4 Å². The molecule has 21 heavy (non-hydrogen) atoms. The van der Waals surface area contributed by atoms with E-state index >= 15 is 0 Å². The number of aromatic nitrogens is 2. The second kappa shape index (κ2) is 5.76. The van der Waals surface area contributed by atoms with Gasteiger partial charge in [0.25, 0.3) is 0 Å². The van der Waals surface area contributed by atoms with Crippen LogP contribution in [-0.4, -0.2) is 27.8 Å². The van der Waals surface area contributed by atoms with Crippen LogP contribution in [-0.2, 0) is 4.79 Å². The standard InChI is InChI=1S/C16H15N3O2/c20-10-14(11-4-2-1-3-5-11)16(21)18-13-6-7-15-12(8-13)9-17-19-15/h1-9,14,20H,10H2,(H,17,19)(H,18,21). The number of H-pyrrole nitrogens is 1. The summed E-state index contributed by atoms with van der Waals surface area (Å²) in [5.74, 6) is -0.808. The molecule has 3 N–H and O–H groups in total. The van der Waals surface area contributed by atoms with Crippen molar-refractivity contribution in [2.75, 3.05) is 11.9 Å². The van der Waals surface area contributed by atoms with Crippen LogP contribution >= 0.6 is 0 Å². The highest BCUT2D eigenvalue weighted by Gasteiger charge is 2.19. The molecule has 0 saturated carbocycles. The molecule has 5 heteroatoms. The summed E-state index contributed by atoms with van der Waals surface area (Å²) in [4.78, 5) is 12.3. The highest BCUT2D eigenvalue weighted by atomic mass is 16.3. The average Bonchev–Trinajstić information content (AvgIpc) is 2.96. The van der Waals surface area contributed by atoms with Gasteiger partial charge in [-0.05, 0) is 23.8 Å². The maximum atomic E-state index is 12.3. The number of carbonyl (C=O) groups excluding carboxylic acids is 1. The summed E-state index contributed by atoms with van der Waals surface area (Å²) in [6.45, 7) is -0.232. The highest BCUT2D eigenvalue weighted by Crippen LogP contribution is 2.20. The summed E-state index contributed by atoms with van der Waals surface area (Å²) >= 11 is 0. The molecule has 1 atom stereocenters. The normalized spacial score (nSPS) is 12.2. The van der Waals surface area contributed by atoms with Crippen molar-refractivity contribution in [2.24, 2.45) is 0 Å². The van der Waals surface area contributed by atoms with Gasteiger partial charge in [-0.2, -0.15) is 5.10 Å². The van der Waals surface area contributed by atoms with Crippen molar-refractivity contribution in [2.45, 2.75) is 5.92 Å². The first kappa shape index (κ1) is 13.3. The Hall–Kier alpha value is -2.66. The molecule has 106 valence electrons. The number of aliphatic hydroxyl groups is 1. The SMILES string of the molecule is O=C(Nc1ccc2[nH]ncc2c1)C(CO)c1ccccc1. The summed E-state index contributed by atoms with van der Waals surface area (Å²) in [7, 11) is 0. The Kier molecular flexibility index (Phi) is 3.66. The third-order valence-corrected chi connectivity index (χ3v) is 3.41. The van der Waals surface area contributed by atoms with Crippen molar-refractivity contribution in [3.63, 3.8) is 0 Å². The van der Waals surface area contributed by atoms with E-state index in [0.29, 0.717) is 5.69 Å². The van der Waals surface area contributed by atoms with Crippen LogP contribution in [0, 0.1) is 0 Å². The fraction of sp³-hybridized carbons (Fsp3) is 0.125.